The van der Waals surface area contributed by atoms with E-state index >= 15 is 0 Å². The highest BCUT2D eigenvalue weighted by Gasteiger charge is 2.33. The first-order valence-electron chi connectivity index (χ1n) is 10.3. The minimum absolute atomic E-state index is 0.333. The lowest BCUT2D eigenvalue weighted by Crippen LogP contribution is -2.37. The maximum atomic E-state index is 13.4. The van der Waals surface area contributed by atoms with Gasteiger partial charge < -0.3 is 14.0 Å². The number of aryl methyl sites for hydroxylation is 1. The number of aromatic nitrogens is 3. The molecule has 4 aromatic rings. The van der Waals surface area contributed by atoms with Gasteiger partial charge in [0.1, 0.15) is 11.9 Å². The first-order chi connectivity index (χ1) is 15.4. The smallest absolute Gasteiger partial charge is 0.331 e. The predicted octanol–water partition coefficient (Wildman–Crippen LogP) is 3.49. The van der Waals surface area contributed by atoms with E-state index in [-0.39, 0.29) is 11.2 Å². The van der Waals surface area contributed by atoms with Crippen molar-refractivity contribution >= 4 is 22.5 Å². The predicted molar refractivity (Wildman–Crippen MR) is 124 cm³/mol. The van der Waals surface area contributed by atoms with Gasteiger partial charge in [0.25, 0.3) is 5.56 Å². The quantitative estimate of drug-likeness (QED) is 0.478. The van der Waals surface area contributed by atoms with Gasteiger partial charge in [0, 0.05) is 25.7 Å². The number of fused-ring (bicyclic) bond motifs is 3. The van der Waals surface area contributed by atoms with Gasteiger partial charge in [-0.3, -0.25) is 13.9 Å². The van der Waals surface area contributed by atoms with Crippen molar-refractivity contribution < 1.29 is 9.47 Å². The van der Waals surface area contributed by atoms with Crippen molar-refractivity contribution in [2.45, 2.75) is 12.6 Å². The fourth-order valence-electron chi connectivity index (χ4n) is 4.55. The zero-order valence-electron chi connectivity index (χ0n) is 18.0. The van der Waals surface area contributed by atoms with Crippen molar-refractivity contribution in [3.63, 3.8) is 0 Å². The Kier molecular flexibility index (Phi) is 4.95. The highest BCUT2D eigenvalue weighted by Crippen LogP contribution is 2.41. The third kappa shape index (κ3) is 3.00. The molecule has 1 aliphatic heterocycles. The van der Waals surface area contributed by atoms with Crippen LogP contribution in [0.3, 0.4) is 0 Å². The Balaban J connectivity index is 1.91. The van der Waals surface area contributed by atoms with Crippen molar-refractivity contribution in [3.05, 3.63) is 85.6 Å². The number of benzene rings is 2. The summed E-state index contributed by atoms with van der Waals surface area (Å²) in [5, 5.41) is 1.09. The maximum Gasteiger partial charge on any atom is 0.331 e. The van der Waals surface area contributed by atoms with Crippen LogP contribution in [0, 0.1) is 0 Å². The number of halogens is 1. The van der Waals surface area contributed by atoms with E-state index < -0.39 is 6.10 Å². The zero-order valence-corrected chi connectivity index (χ0v) is 18.7. The fraction of sp³-hybridized carbons (Fsp3) is 0.250. The summed E-state index contributed by atoms with van der Waals surface area (Å²) in [7, 11) is 4.80. The molecular formula is C24H22ClN3O4. The number of hydrogen-bond donors (Lipinski definition) is 0. The summed E-state index contributed by atoms with van der Waals surface area (Å²) in [6.07, 6.45) is -0.463. The molecule has 0 radical (unpaired) electrons. The Bertz CT molecular complexity index is 1460. The number of ether oxygens (including phenoxy) is 2. The van der Waals surface area contributed by atoms with Crippen LogP contribution in [0.25, 0.3) is 22.2 Å². The van der Waals surface area contributed by atoms with Crippen molar-refractivity contribution in [2.75, 3.05) is 13.7 Å². The third-order valence-corrected chi connectivity index (χ3v) is 6.30. The van der Waals surface area contributed by atoms with Crippen LogP contribution >= 0.6 is 11.6 Å². The molecule has 0 saturated carbocycles. The summed E-state index contributed by atoms with van der Waals surface area (Å²) in [6.45, 7) is 1.02. The highest BCUT2D eigenvalue weighted by atomic mass is 35.5. The van der Waals surface area contributed by atoms with E-state index in [2.05, 4.69) is 4.57 Å². The molecule has 2 aromatic heterocycles. The second-order valence-electron chi connectivity index (χ2n) is 7.85. The van der Waals surface area contributed by atoms with E-state index in [9.17, 15) is 9.59 Å². The van der Waals surface area contributed by atoms with Crippen LogP contribution in [0.4, 0.5) is 0 Å². The molecule has 0 N–H and O–H groups in total. The molecule has 2 aromatic carbocycles. The van der Waals surface area contributed by atoms with Gasteiger partial charge >= 0.3 is 5.69 Å². The summed E-state index contributed by atoms with van der Waals surface area (Å²) >= 11 is 6.26. The summed E-state index contributed by atoms with van der Waals surface area (Å²) in [5.41, 5.74) is 3.14. The van der Waals surface area contributed by atoms with E-state index in [0.29, 0.717) is 29.1 Å². The Morgan fingerprint density at radius 3 is 2.50 bits per heavy atom. The molecular weight excluding hydrogens is 430 g/mol. The molecule has 0 aliphatic carbocycles. The lowest BCUT2D eigenvalue weighted by atomic mass is 10.0. The summed E-state index contributed by atoms with van der Waals surface area (Å²) in [6, 6.07) is 15.0. The molecule has 0 saturated heterocycles. The molecule has 0 spiro atoms. The van der Waals surface area contributed by atoms with Crippen molar-refractivity contribution in [1.29, 1.82) is 0 Å². The molecule has 0 unspecified atom stereocenters. The van der Waals surface area contributed by atoms with E-state index in [1.807, 2.05) is 42.5 Å². The monoisotopic (exact) mass is 451 g/mol. The first kappa shape index (κ1) is 20.6. The van der Waals surface area contributed by atoms with Gasteiger partial charge in [0.05, 0.1) is 36.0 Å². The third-order valence-electron chi connectivity index (χ3n) is 6.07. The van der Waals surface area contributed by atoms with Crippen LogP contribution in [0.2, 0.25) is 5.02 Å². The molecule has 1 aliphatic rings. The molecule has 0 amide bonds. The molecule has 3 heterocycles. The van der Waals surface area contributed by atoms with Gasteiger partial charge in [-0.05, 0) is 47.5 Å². The van der Waals surface area contributed by atoms with Crippen molar-refractivity contribution in [1.82, 2.24) is 13.7 Å². The van der Waals surface area contributed by atoms with E-state index in [1.165, 1.54) is 11.6 Å². The van der Waals surface area contributed by atoms with Crippen LogP contribution in [0.5, 0.6) is 5.75 Å². The summed E-state index contributed by atoms with van der Waals surface area (Å²) in [5.74, 6) is 0.726. The number of methoxy groups -OCH3 is 1. The molecule has 0 bridgehead atoms. The van der Waals surface area contributed by atoms with Gasteiger partial charge in [0.2, 0.25) is 0 Å². The Morgan fingerprint density at radius 1 is 1.06 bits per heavy atom. The highest BCUT2D eigenvalue weighted by molar-refractivity contribution is 6.30. The van der Waals surface area contributed by atoms with Gasteiger partial charge in [-0.25, -0.2) is 4.79 Å². The maximum absolute atomic E-state index is 13.4. The Labute approximate surface area is 189 Å². The molecule has 164 valence electrons. The van der Waals surface area contributed by atoms with Gasteiger partial charge in [-0.1, -0.05) is 23.7 Å². The van der Waals surface area contributed by atoms with Crippen molar-refractivity contribution in [2.24, 2.45) is 14.1 Å². The van der Waals surface area contributed by atoms with Crippen molar-refractivity contribution in [3.8, 4) is 17.0 Å². The van der Waals surface area contributed by atoms with E-state index in [4.69, 9.17) is 21.1 Å². The molecule has 8 heteroatoms. The molecule has 0 fully saturated rings. The molecule has 5 rings (SSSR count). The van der Waals surface area contributed by atoms with Crippen LogP contribution in [-0.2, 0) is 25.4 Å². The van der Waals surface area contributed by atoms with Crippen LogP contribution in [0.1, 0.15) is 17.4 Å². The first-order valence-corrected chi connectivity index (χ1v) is 10.6. The lowest BCUT2D eigenvalue weighted by Gasteiger charge is -2.28. The zero-order chi connectivity index (χ0) is 22.6. The molecule has 7 nitrogen and oxygen atoms in total. The topological polar surface area (TPSA) is 67.4 Å². The van der Waals surface area contributed by atoms with E-state index in [1.54, 1.807) is 20.2 Å². The lowest BCUT2D eigenvalue weighted by molar-refractivity contribution is 0.0478. The Morgan fingerprint density at radius 2 is 1.81 bits per heavy atom. The second kappa shape index (κ2) is 7.69. The number of hydrogen-bond acceptors (Lipinski definition) is 4. The fourth-order valence-corrected chi connectivity index (χ4v) is 4.75. The van der Waals surface area contributed by atoms with Crippen LogP contribution in [0.15, 0.2) is 58.1 Å². The minimum Gasteiger partial charge on any atom is -0.497 e. The average molecular weight is 452 g/mol. The van der Waals surface area contributed by atoms with Crippen LogP contribution in [-0.4, -0.2) is 27.4 Å². The minimum atomic E-state index is -0.463. The summed E-state index contributed by atoms with van der Waals surface area (Å²) in [4.78, 5) is 26.2. The summed E-state index contributed by atoms with van der Waals surface area (Å²) < 4.78 is 16.3. The van der Waals surface area contributed by atoms with E-state index in [0.717, 1.165) is 32.8 Å². The number of nitrogens with zero attached hydrogens (tertiary/aromatic N) is 3. The SMILES string of the molecule is COc1ccc(-c2c3c(=O)n(C)c(=O)n(C)c3c3n2CCO[C@H]3c2cccc(Cl)c2)cc1. The number of rotatable bonds is 3. The normalized spacial score (nSPS) is 15.7. The van der Waals surface area contributed by atoms with Gasteiger partial charge in [-0.2, -0.15) is 0 Å². The molecule has 32 heavy (non-hydrogen) atoms. The van der Waals surface area contributed by atoms with Crippen LogP contribution < -0.4 is 16.0 Å². The van der Waals surface area contributed by atoms with Gasteiger partial charge in [0.15, 0.2) is 0 Å². The molecule has 1 atom stereocenters. The second-order valence-corrected chi connectivity index (χ2v) is 8.29. The standard InChI is InChI=1S/C24H22ClN3O4/c1-26-20-18(23(29)27(2)24(26)30)19(14-7-9-17(31-3)10-8-14)28-11-12-32-22(21(20)28)15-5-4-6-16(25)13-15/h4-10,13,22H,11-12H2,1-3H3/t22-/m0/s1. The largest absolute Gasteiger partial charge is 0.497 e. The average Bonchev–Trinajstić information content (AvgIpc) is 3.17. The Hall–Kier alpha value is -3.29. The van der Waals surface area contributed by atoms with Gasteiger partial charge in [-0.15, -0.1) is 0 Å².